The number of benzene rings is 4. The molecule has 0 bridgehead atoms. The van der Waals surface area contributed by atoms with Crippen LogP contribution in [0, 0.1) is 5.41 Å². The van der Waals surface area contributed by atoms with E-state index in [0.29, 0.717) is 46.9 Å². The molecule has 4 aromatic carbocycles. The molecule has 1 heterocycles. The normalized spacial score (nSPS) is 11.3. The van der Waals surface area contributed by atoms with Crippen molar-refractivity contribution >= 4 is 46.5 Å². The third-order valence-electron chi connectivity index (χ3n) is 7.70. The molecular formula is C37H35Cl2N7O3. The van der Waals surface area contributed by atoms with Gasteiger partial charge in [0.2, 0.25) is 5.91 Å². The number of nitrogens with zero attached hydrogens (tertiary/aromatic N) is 2. The lowest BCUT2D eigenvalue weighted by Crippen LogP contribution is -2.30. The molecule has 0 aliphatic carbocycles. The van der Waals surface area contributed by atoms with E-state index in [2.05, 4.69) is 15.6 Å². The summed E-state index contributed by atoms with van der Waals surface area (Å²) in [7, 11) is 0. The standard InChI is InChI=1S/C37H35Cl2N7O3/c38-29-8-4-7-23(15-29)13-14-43-33-19-31(39)35(27-16-28(18-30(40)17-27)37(48)45-22-24-5-2-1-3-6-24)32(46(33)49)20-34(47)44-21-25-9-11-26(12-10-25)36(41)42/h1-12,15-19,49H,13-14,20-22,40H2,(H3,41,42)(H,44,47)(H,45,48). The van der Waals surface area contributed by atoms with E-state index >= 15 is 0 Å². The number of amidine groups is 1. The van der Waals surface area contributed by atoms with Gasteiger partial charge in [0.1, 0.15) is 5.84 Å². The van der Waals surface area contributed by atoms with Gasteiger partial charge in [-0.15, -0.1) is 0 Å². The first-order chi connectivity index (χ1) is 23.6. The predicted molar refractivity (Wildman–Crippen MR) is 193 cm³/mol. The maximum atomic E-state index is 13.3. The molecular weight excluding hydrogens is 661 g/mol. The van der Waals surface area contributed by atoms with Crippen molar-refractivity contribution in [3.05, 3.63) is 152 Å². The highest BCUT2D eigenvalue weighted by atomic mass is 35.5. The fraction of sp³-hybridized carbons (Fsp3) is 0.135. The third kappa shape index (κ3) is 9.28. The van der Waals surface area contributed by atoms with E-state index < -0.39 is 5.91 Å². The fourth-order valence-electron chi connectivity index (χ4n) is 5.23. The highest BCUT2D eigenvalue weighted by molar-refractivity contribution is 6.33. The minimum Gasteiger partial charge on any atom is -0.427 e. The van der Waals surface area contributed by atoms with Crippen LogP contribution in [0.3, 0.4) is 0 Å². The molecule has 0 spiro atoms. The molecule has 0 aliphatic heterocycles. The zero-order chi connectivity index (χ0) is 34.9. The van der Waals surface area contributed by atoms with Crippen molar-refractivity contribution in [2.45, 2.75) is 25.9 Å². The van der Waals surface area contributed by atoms with Crippen LogP contribution in [0.2, 0.25) is 10.0 Å². The molecule has 0 saturated carbocycles. The number of rotatable bonds is 12. The predicted octanol–water partition coefficient (Wildman–Crippen LogP) is 5.50. The van der Waals surface area contributed by atoms with E-state index in [0.717, 1.165) is 21.4 Å². The van der Waals surface area contributed by atoms with Crippen LogP contribution in [0.1, 0.15) is 38.3 Å². The minimum atomic E-state index is -0.406. The number of hydrogen-bond donors (Lipinski definition) is 6. The first kappa shape index (κ1) is 34.7. The molecule has 0 radical (unpaired) electrons. The van der Waals surface area contributed by atoms with E-state index in [1.54, 1.807) is 48.5 Å². The van der Waals surface area contributed by atoms with Crippen molar-refractivity contribution in [3.8, 4) is 11.1 Å². The van der Waals surface area contributed by atoms with Gasteiger partial charge in [0.25, 0.3) is 5.91 Å². The molecule has 5 aromatic rings. The number of aromatic nitrogens is 1. The van der Waals surface area contributed by atoms with Crippen molar-refractivity contribution < 1.29 is 14.8 Å². The second-order valence-corrected chi connectivity index (χ2v) is 12.2. The Kier molecular flexibility index (Phi) is 11.4. The Morgan fingerprint density at radius 3 is 2.22 bits per heavy atom. The van der Waals surface area contributed by atoms with Crippen LogP contribution in [0.5, 0.6) is 0 Å². The minimum absolute atomic E-state index is 0.0521. The van der Waals surface area contributed by atoms with Gasteiger partial charge in [-0.3, -0.25) is 20.0 Å². The summed E-state index contributed by atoms with van der Waals surface area (Å²) < 4.78 is 0.846. The van der Waals surface area contributed by atoms with Gasteiger partial charge in [-0.2, -0.15) is 4.73 Å². The first-order valence-electron chi connectivity index (χ1n) is 15.4. The molecule has 0 fully saturated rings. The smallest absolute Gasteiger partial charge is 0.251 e. The van der Waals surface area contributed by atoms with Gasteiger partial charge < -0.3 is 27.3 Å². The van der Waals surface area contributed by atoms with Crippen LogP contribution in [0.4, 0.5) is 5.69 Å². The number of pyridine rings is 1. The number of nitrogen functional groups attached to an aromatic ring is 2. The highest BCUT2D eigenvalue weighted by Crippen LogP contribution is 2.33. The van der Waals surface area contributed by atoms with E-state index in [4.69, 9.17) is 40.1 Å². The van der Waals surface area contributed by atoms with E-state index in [-0.39, 0.29) is 46.5 Å². The van der Waals surface area contributed by atoms with Crippen molar-refractivity contribution in [3.63, 3.8) is 0 Å². The van der Waals surface area contributed by atoms with E-state index in [9.17, 15) is 14.8 Å². The Morgan fingerprint density at radius 1 is 0.816 bits per heavy atom. The molecule has 250 valence electrons. The molecule has 0 aliphatic rings. The summed E-state index contributed by atoms with van der Waals surface area (Å²) in [4.78, 5) is 31.1. The molecule has 10 nitrogen and oxygen atoms in total. The maximum absolute atomic E-state index is 13.3. The lowest BCUT2D eigenvalue weighted by atomic mass is 9.98. The summed E-state index contributed by atoms with van der Waals surface area (Å²) in [6, 6.07) is 30.1. The van der Waals surface area contributed by atoms with Gasteiger partial charge in [-0.05, 0) is 59.0 Å². The summed E-state index contributed by atoms with van der Waals surface area (Å²) in [6.07, 6.45) is 0.272. The van der Waals surface area contributed by atoms with Crippen LogP contribution in [-0.2, 0) is 30.7 Å². The van der Waals surface area contributed by atoms with Gasteiger partial charge in [0, 0.05) is 53.1 Å². The summed E-state index contributed by atoms with van der Waals surface area (Å²) in [5.41, 5.74) is 16.7. The second-order valence-electron chi connectivity index (χ2n) is 11.3. The van der Waals surface area contributed by atoms with E-state index in [1.807, 2.05) is 48.5 Å². The summed E-state index contributed by atoms with van der Waals surface area (Å²) in [6.45, 7) is 0.817. The van der Waals surface area contributed by atoms with Crippen LogP contribution >= 0.6 is 23.2 Å². The van der Waals surface area contributed by atoms with Gasteiger partial charge in [-0.1, -0.05) is 89.9 Å². The molecule has 1 aromatic heterocycles. The SMILES string of the molecule is N=C(N)c1ccc(CNC(=O)Cc2c(-c3cc(N)cc(C(=O)NCc4ccccc4)c3)c(Cl)cc(=NCCc3cccc(Cl)c3)n2O)cc1. The van der Waals surface area contributed by atoms with Crippen molar-refractivity contribution in [1.29, 1.82) is 5.41 Å². The summed E-state index contributed by atoms with van der Waals surface area (Å²) in [5, 5.41) is 25.6. The highest BCUT2D eigenvalue weighted by Gasteiger charge is 2.21. The average Bonchev–Trinajstić information content (AvgIpc) is 3.08. The quantitative estimate of drug-likeness (QED) is 0.0437. The third-order valence-corrected chi connectivity index (χ3v) is 8.24. The molecule has 0 atom stereocenters. The summed E-state index contributed by atoms with van der Waals surface area (Å²) >= 11 is 13.0. The lowest BCUT2D eigenvalue weighted by molar-refractivity contribution is -0.120. The topological polar surface area (TPSA) is 172 Å². The number of halogens is 2. The molecule has 5 rings (SSSR count). The number of carbonyl (C=O) groups is 2. The number of amides is 2. The van der Waals surface area contributed by atoms with Gasteiger partial charge in [0.15, 0.2) is 5.49 Å². The molecule has 2 amide bonds. The molecule has 12 heteroatoms. The number of anilines is 1. The largest absolute Gasteiger partial charge is 0.427 e. The molecule has 0 saturated heterocycles. The van der Waals surface area contributed by atoms with Crippen LogP contribution < -0.4 is 27.6 Å². The summed E-state index contributed by atoms with van der Waals surface area (Å²) in [5.74, 6) is -0.812. The maximum Gasteiger partial charge on any atom is 0.251 e. The molecule has 8 N–H and O–H groups in total. The van der Waals surface area contributed by atoms with Crippen molar-refractivity contribution in [2.24, 2.45) is 10.7 Å². The Hall–Kier alpha value is -5.58. The first-order valence-corrected chi connectivity index (χ1v) is 16.1. The molecule has 0 unspecified atom stereocenters. The van der Waals surface area contributed by atoms with Crippen LogP contribution in [-0.4, -0.2) is 34.1 Å². The van der Waals surface area contributed by atoms with E-state index in [1.165, 1.54) is 6.07 Å². The zero-order valence-electron chi connectivity index (χ0n) is 26.4. The number of hydrogen-bond acceptors (Lipinski definition) is 6. The van der Waals surface area contributed by atoms with Gasteiger partial charge in [0.05, 0.1) is 17.1 Å². The fourth-order valence-corrected chi connectivity index (χ4v) is 5.75. The number of nitrogens with one attached hydrogen (secondary N) is 3. The Morgan fingerprint density at radius 2 is 1.51 bits per heavy atom. The Balaban J connectivity index is 1.46. The van der Waals surface area contributed by atoms with Crippen molar-refractivity contribution in [2.75, 3.05) is 12.3 Å². The zero-order valence-corrected chi connectivity index (χ0v) is 27.9. The van der Waals surface area contributed by atoms with Gasteiger partial charge in [-0.25, -0.2) is 0 Å². The lowest BCUT2D eigenvalue weighted by Gasteiger charge is -2.17. The Labute approximate surface area is 293 Å². The monoisotopic (exact) mass is 695 g/mol. The van der Waals surface area contributed by atoms with Crippen LogP contribution in [0.25, 0.3) is 11.1 Å². The number of carbonyl (C=O) groups excluding carboxylic acids is 2. The second kappa shape index (κ2) is 16.0. The Bertz CT molecular complexity index is 2060. The molecule has 49 heavy (non-hydrogen) atoms. The van der Waals surface area contributed by atoms with Crippen LogP contribution in [0.15, 0.2) is 108 Å². The van der Waals surface area contributed by atoms with Crippen molar-refractivity contribution in [1.82, 2.24) is 15.4 Å². The number of nitrogens with two attached hydrogens (primary N) is 2. The average molecular weight is 697 g/mol. The van der Waals surface area contributed by atoms with Gasteiger partial charge >= 0.3 is 0 Å².